The van der Waals surface area contributed by atoms with E-state index in [0.717, 1.165) is 11.1 Å². The Balaban J connectivity index is 2.21. The second-order valence-corrected chi connectivity index (χ2v) is 3.56. The van der Waals surface area contributed by atoms with Gasteiger partial charge in [-0.25, -0.2) is 0 Å². The van der Waals surface area contributed by atoms with Crippen LogP contribution in [0.4, 0.5) is 0 Å². The highest BCUT2D eigenvalue weighted by molar-refractivity contribution is 14.1. The highest BCUT2D eigenvalue weighted by Gasteiger charge is 2.14. The Morgan fingerprint density at radius 3 is 2.71 bits per heavy atom. The van der Waals surface area contributed by atoms with Gasteiger partial charge in [-0.05, 0) is 21.8 Å². The molecule has 0 bridgehead atoms. The first kappa shape index (κ1) is 9.58. The van der Waals surface area contributed by atoms with Gasteiger partial charge in [0.1, 0.15) is 12.5 Å². The molecule has 0 unspecified atom stereocenters. The van der Waals surface area contributed by atoms with Gasteiger partial charge < -0.3 is 9.47 Å². The Morgan fingerprint density at radius 1 is 1.21 bits per heavy atom. The largest absolute Gasteiger partial charge is 0.455 e. The van der Waals surface area contributed by atoms with Crippen molar-refractivity contribution in [1.29, 1.82) is 0 Å². The van der Waals surface area contributed by atoms with Crippen LogP contribution in [0.25, 0.3) is 6.08 Å². The fraction of sp³-hybridized carbons (Fsp3) is 0.0909. The van der Waals surface area contributed by atoms with E-state index in [4.69, 9.17) is 9.47 Å². The SMILES string of the molecule is I/C=C/c1cccc(C2OC=CO2)c1. The third kappa shape index (κ3) is 2.09. The molecule has 14 heavy (non-hydrogen) atoms. The summed E-state index contributed by atoms with van der Waals surface area (Å²) in [5.41, 5.74) is 2.18. The summed E-state index contributed by atoms with van der Waals surface area (Å²) in [7, 11) is 0. The molecule has 0 amide bonds. The summed E-state index contributed by atoms with van der Waals surface area (Å²) in [5.74, 6) is 0. The fourth-order valence-electron chi connectivity index (χ4n) is 1.28. The molecule has 0 fully saturated rings. The van der Waals surface area contributed by atoms with Gasteiger partial charge in [-0.15, -0.1) is 0 Å². The van der Waals surface area contributed by atoms with Gasteiger partial charge >= 0.3 is 0 Å². The molecule has 0 spiro atoms. The first-order chi connectivity index (χ1) is 6.90. The van der Waals surface area contributed by atoms with E-state index in [9.17, 15) is 0 Å². The predicted molar refractivity (Wildman–Crippen MR) is 63.5 cm³/mol. The summed E-state index contributed by atoms with van der Waals surface area (Å²) < 4.78 is 12.5. The zero-order valence-electron chi connectivity index (χ0n) is 7.39. The number of ether oxygens (including phenoxy) is 2. The monoisotopic (exact) mass is 300 g/mol. The summed E-state index contributed by atoms with van der Waals surface area (Å²) >= 11 is 2.20. The van der Waals surface area contributed by atoms with Gasteiger partial charge in [0.05, 0.1) is 0 Å². The Bertz CT molecular complexity index is 363. The second kappa shape index (κ2) is 4.50. The summed E-state index contributed by atoms with van der Waals surface area (Å²) in [6, 6.07) is 8.07. The minimum atomic E-state index is -0.280. The summed E-state index contributed by atoms with van der Waals surface area (Å²) in [5, 5.41) is 0. The molecule has 0 radical (unpaired) electrons. The van der Waals surface area contributed by atoms with Crippen molar-refractivity contribution in [2.45, 2.75) is 6.29 Å². The van der Waals surface area contributed by atoms with E-state index < -0.39 is 0 Å². The molecule has 2 nitrogen and oxygen atoms in total. The zero-order valence-corrected chi connectivity index (χ0v) is 9.55. The maximum absolute atomic E-state index is 5.24. The van der Waals surface area contributed by atoms with Crippen LogP contribution in [0.3, 0.4) is 0 Å². The summed E-state index contributed by atoms with van der Waals surface area (Å²) in [6.45, 7) is 0. The number of hydrogen-bond donors (Lipinski definition) is 0. The maximum atomic E-state index is 5.24. The van der Waals surface area contributed by atoms with Crippen LogP contribution in [0.2, 0.25) is 0 Å². The first-order valence-electron chi connectivity index (χ1n) is 4.23. The van der Waals surface area contributed by atoms with E-state index in [2.05, 4.69) is 22.6 Å². The summed E-state index contributed by atoms with van der Waals surface area (Å²) in [6.07, 6.45) is 4.88. The molecule has 0 N–H and O–H groups in total. The molecule has 0 saturated carbocycles. The maximum Gasteiger partial charge on any atom is 0.266 e. The standard InChI is InChI=1S/C11H9IO2/c12-5-4-9-2-1-3-10(8-9)11-13-6-7-14-11/h1-8,11H/b5-4+. The Morgan fingerprint density at radius 2 is 2.00 bits per heavy atom. The first-order valence-corrected chi connectivity index (χ1v) is 5.47. The molecule has 1 aliphatic rings. The second-order valence-electron chi connectivity index (χ2n) is 2.84. The number of rotatable bonds is 2. The van der Waals surface area contributed by atoms with Crippen LogP contribution in [-0.2, 0) is 9.47 Å². The van der Waals surface area contributed by atoms with Gasteiger partial charge in [0.25, 0.3) is 6.29 Å². The van der Waals surface area contributed by atoms with Crippen molar-refractivity contribution in [2.24, 2.45) is 0 Å². The number of hydrogen-bond acceptors (Lipinski definition) is 2. The van der Waals surface area contributed by atoms with Crippen LogP contribution in [0, 0.1) is 0 Å². The van der Waals surface area contributed by atoms with Crippen LogP contribution >= 0.6 is 22.6 Å². The lowest BCUT2D eigenvalue weighted by molar-refractivity contribution is -0.0246. The molecule has 0 aromatic heterocycles. The van der Waals surface area contributed by atoms with Gasteiger partial charge in [-0.1, -0.05) is 40.8 Å². The molecule has 1 aliphatic heterocycles. The zero-order chi connectivity index (χ0) is 9.80. The lowest BCUT2D eigenvalue weighted by atomic mass is 10.1. The van der Waals surface area contributed by atoms with E-state index in [1.165, 1.54) is 0 Å². The molecule has 2 rings (SSSR count). The van der Waals surface area contributed by atoms with Crippen molar-refractivity contribution >= 4 is 28.7 Å². The summed E-state index contributed by atoms with van der Waals surface area (Å²) in [4.78, 5) is 0. The van der Waals surface area contributed by atoms with Crippen LogP contribution in [0.15, 0.2) is 40.9 Å². The van der Waals surface area contributed by atoms with E-state index in [-0.39, 0.29) is 6.29 Å². The van der Waals surface area contributed by atoms with Crippen LogP contribution in [-0.4, -0.2) is 0 Å². The van der Waals surface area contributed by atoms with Crippen LogP contribution in [0.1, 0.15) is 17.4 Å². The lowest BCUT2D eigenvalue weighted by Crippen LogP contribution is -1.97. The van der Waals surface area contributed by atoms with Gasteiger partial charge in [-0.3, -0.25) is 0 Å². The quantitative estimate of drug-likeness (QED) is 0.777. The fourth-order valence-corrected chi connectivity index (χ4v) is 1.69. The smallest absolute Gasteiger partial charge is 0.266 e. The van der Waals surface area contributed by atoms with Crippen LogP contribution in [0.5, 0.6) is 0 Å². The third-order valence-electron chi connectivity index (χ3n) is 1.90. The van der Waals surface area contributed by atoms with Gasteiger partial charge in [0.2, 0.25) is 0 Å². The van der Waals surface area contributed by atoms with E-state index >= 15 is 0 Å². The van der Waals surface area contributed by atoms with Crippen molar-refractivity contribution in [3.05, 3.63) is 52.0 Å². The van der Waals surface area contributed by atoms with Crippen molar-refractivity contribution < 1.29 is 9.47 Å². The molecule has 1 aromatic carbocycles. The average Bonchev–Trinajstić information content (AvgIpc) is 2.71. The van der Waals surface area contributed by atoms with Crippen LogP contribution < -0.4 is 0 Å². The van der Waals surface area contributed by atoms with E-state index in [1.54, 1.807) is 12.5 Å². The minimum Gasteiger partial charge on any atom is -0.455 e. The molecule has 0 aliphatic carbocycles. The molecule has 0 atom stereocenters. The molecule has 0 saturated heterocycles. The minimum absolute atomic E-state index is 0.280. The topological polar surface area (TPSA) is 18.5 Å². The van der Waals surface area contributed by atoms with Crippen molar-refractivity contribution in [3.8, 4) is 0 Å². The van der Waals surface area contributed by atoms with Crippen molar-refractivity contribution in [2.75, 3.05) is 0 Å². The number of benzene rings is 1. The normalized spacial score (nSPS) is 15.8. The van der Waals surface area contributed by atoms with E-state index in [0.29, 0.717) is 0 Å². The Hall–Kier alpha value is -0.970. The van der Waals surface area contributed by atoms with Gasteiger partial charge in [0.15, 0.2) is 0 Å². The Labute approximate surface area is 96.4 Å². The Kier molecular flexibility index (Phi) is 3.08. The highest BCUT2D eigenvalue weighted by Crippen LogP contribution is 2.24. The van der Waals surface area contributed by atoms with Crippen molar-refractivity contribution in [1.82, 2.24) is 0 Å². The van der Waals surface area contributed by atoms with E-state index in [1.807, 2.05) is 34.4 Å². The van der Waals surface area contributed by atoms with Gasteiger partial charge in [-0.2, -0.15) is 0 Å². The third-order valence-corrected chi connectivity index (χ3v) is 2.26. The lowest BCUT2D eigenvalue weighted by Gasteiger charge is -2.10. The predicted octanol–water partition coefficient (Wildman–Crippen LogP) is 3.61. The average molecular weight is 300 g/mol. The molecule has 72 valence electrons. The number of halogens is 1. The molecule has 3 heteroatoms. The molecular formula is C11H9IO2. The molecule has 1 aromatic rings. The highest BCUT2D eigenvalue weighted by atomic mass is 127. The van der Waals surface area contributed by atoms with Crippen molar-refractivity contribution in [3.63, 3.8) is 0 Å². The molecule has 1 heterocycles. The van der Waals surface area contributed by atoms with Gasteiger partial charge in [0, 0.05) is 5.56 Å². The molecular weight excluding hydrogens is 291 g/mol.